The van der Waals surface area contributed by atoms with Gasteiger partial charge in [0.2, 0.25) is 0 Å². The number of fused-ring (bicyclic) bond motifs is 1. The van der Waals surface area contributed by atoms with E-state index in [9.17, 15) is 9.59 Å². The lowest BCUT2D eigenvalue weighted by atomic mass is 10.00. The van der Waals surface area contributed by atoms with E-state index in [1.54, 1.807) is 4.57 Å². The molecule has 0 fully saturated rings. The summed E-state index contributed by atoms with van der Waals surface area (Å²) < 4.78 is 1.62. The first kappa shape index (κ1) is 9.70. The lowest BCUT2D eigenvalue weighted by Gasteiger charge is -2.19. The summed E-state index contributed by atoms with van der Waals surface area (Å²) >= 11 is 0. The maximum atomic E-state index is 10.8. The van der Waals surface area contributed by atoms with Crippen molar-refractivity contribution in [2.75, 3.05) is 0 Å². The average molecular weight is 210 g/mol. The second kappa shape index (κ2) is 3.38. The van der Waals surface area contributed by atoms with Gasteiger partial charge in [0.1, 0.15) is 5.82 Å². The zero-order valence-corrected chi connectivity index (χ0v) is 7.88. The van der Waals surface area contributed by atoms with E-state index in [0.717, 1.165) is 0 Å². The molecule has 1 aromatic rings. The predicted molar refractivity (Wildman–Crippen MR) is 48.6 cm³/mol. The molecule has 0 spiro atoms. The number of hydrogen-bond acceptors (Lipinski definition) is 3. The molecule has 0 aliphatic carbocycles. The predicted octanol–water partition coefficient (Wildman–Crippen LogP) is 0.228. The van der Waals surface area contributed by atoms with Crippen molar-refractivity contribution in [2.24, 2.45) is 5.92 Å². The van der Waals surface area contributed by atoms with E-state index < -0.39 is 17.9 Å². The highest BCUT2D eigenvalue weighted by Gasteiger charge is 2.26. The Morgan fingerprint density at radius 1 is 1.47 bits per heavy atom. The maximum Gasteiger partial charge on any atom is 0.356 e. The molecule has 1 unspecified atom stereocenters. The Balaban J connectivity index is 2.26. The van der Waals surface area contributed by atoms with Gasteiger partial charge in [0.15, 0.2) is 5.69 Å². The third kappa shape index (κ3) is 1.70. The van der Waals surface area contributed by atoms with Crippen molar-refractivity contribution in [1.82, 2.24) is 9.55 Å². The number of rotatable bonds is 2. The van der Waals surface area contributed by atoms with Crippen LogP contribution >= 0.6 is 0 Å². The minimum Gasteiger partial charge on any atom is -0.481 e. The van der Waals surface area contributed by atoms with Crippen molar-refractivity contribution in [3.63, 3.8) is 0 Å². The molecule has 80 valence electrons. The zero-order chi connectivity index (χ0) is 11.0. The molecule has 1 atom stereocenters. The molecule has 15 heavy (non-hydrogen) atoms. The number of carboxylic acid groups (broad SMARTS) is 2. The number of aryl methyl sites for hydroxylation is 1. The van der Waals surface area contributed by atoms with Gasteiger partial charge in [-0.2, -0.15) is 0 Å². The molecule has 2 heterocycles. The Labute approximate surface area is 85.2 Å². The second-order valence-corrected chi connectivity index (χ2v) is 3.57. The number of aromatic carboxylic acids is 1. The van der Waals surface area contributed by atoms with Crippen LogP contribution in [0.15, 0.2) is 6.20 Å². The topological polar surface area (TPSA) is 92.4 Å². The van der Waals surface area contributed by atoms with E-state index in [1.165, 1.54) is 6.20 Å². The summed E-state index contributed by atoms with van der Waals surface area (Å²) in [6, 6.07) is 0. The molecule has 0 aromatic carbocycles. The molecule has 2 rings (SSSR count). The summed E-state index contributed by atoms with van der Waals surface area (Å²) in [7, 11) is 0. The minimum atomic E-state index is -1.08. The van der Waals surface area contributed by atoms with Crippen molar-refractivity contribution in [3.05, 3.63) is 17.7 Å². The van der Waals surface area contributed by atoms with Crippen molar-refractivity contribution in [2.45, 2.75) is 19.4 Å². The minimum absolute atomic E-state index is 0.0176. The van der Waals surface area contributed by atoms with Crippen molar-refractivity contribution < 1.29 is 19.8 Å². The van der Waals surface area contributed by atoms with Gasteiger partial charge in [-0.3, -0.25) is 4.79 Å². The van der Waals surface area contributed by atoms with E-state index in [0.29, 0.717) is 25.2 Å². The normalized spacial score (nSPS) is 19.6. The summed E-state index contributed by atoms with van der Waals surface area (Å²) in [5.41, 5.74) is -0.0176. The van der Waals surface area contributed by atoms with Crippen molar-refractivity contribution in [3.8, 4) is 0 Å². The Hall–Kier alpha value is -1.85. The van der Waals surface area contributed by atoms with Crippen LogP contribution in [0, 0.1) is 5.92 Å². The third-order valence-electron chi connectivity index (χ3n) is 2.56. The van der Waals surface area contributed by atoms with Gasteiger partial charge in [0, 0.05) is 19.2 Å². The number of nitrogens with zero attached hydrogens (tertiary/aromatic N) is 2. The number of aromatic nitrogens is 2. The van der Waals surface area contributed by atoms with E-state index in [-0.39, 0.29) is 5.69 Å². The molecule has 6 heteroatoms. The fourth-order valence-corrected chi connectivity index (χ4v) is 1.75. The van der Waals surface area contributed by atoms with E-state index in [2.05, 4.69) is 4.98 Å². The van der Waals surface area contributed by atoms with Crippen LogP contribution in [0.3, 0.4) is 0 Å². The number of carboxylic acids is 2. The second-order valence-electron chi connectivity index (χ2n) is 3.57. The van der Waals surface area contributed by atoms with Crippen LogP contribution in [-0.2, 0) is 17.8 Å². The molecule has 1 aliphatic heterocycles. The first-order chi connectivity index (χ1) is 7.08. The molecule has 2 N–H and O–H groups in total. The summed E-state index contributed by atoms with van der Waals surface area (Å²) in [6.07, 6.45) is 2.43. The summed E-state index contributed by atoms with van der Waals surface area (Å²) in [5.74, 6) is -1.70. The third-order valence-corrected chi connectivity index (χ3v) is 2.56. The van der Waals surface area contributed by atoms with Crippen LogP contribution in [0.2, 0.25) is 0 Å². The molecule has 0 radical (unpaired) electrons. The highest BCUT2D eigenvalue weighted by Crippen LogP contribution is 2.20. The molecule has 0 saturated carbocycles. The molecular formula is C9H10N2O4. The number of carbonyl (C=O) groups is 2. The number of hydrogen-bond donors (Lipinski definition) is 2. The first-order valence-corrected chi connectivity index (χ1v) is 4.60. The van der Waals surface area contributed by atoms with E-state index >= 15 is 0 Å². The van der Waals surface area contributed by atoms with Crippen LogP contribution in [0.5, 0.6) is 0 Å². The largest absolute Gasteiger partial charge is 0.481 e. The molecular weight excluding hydrogens is 200 g/mol. The molecule has 0 saturated heterocycles. The zero-order valence-electron chi connectivity index (χ0n) is 7.88. The molecule has 6 nitrogen and oxygen atoms in total. The van der Waals surface area contributed by atoms with E-state index in [1.807, 2.05) is 0 Å². The Bertz CT molecular complexity index is 424. The number of aliphatic carboxylic acids is 1. The van der Waals surface area contributed by atoms with Crippen molar-refractivity contribution >= 4 is 11.9 Å². The van der Waals surface area contributed by atoms with Gasteiger partial charge in [-0.05, 0) is 6.42 Å². The van der Waals surface area contributed by atoms with Crippen LogP contribution in [0.4, 0.5) is 0 Å². The Morgan fingerprint density at radius 2 is 2.20 bits per heavy atom. The maximum absolute atomic E-state index is 10.8. The molecule has 0 bridgehead atoms. The Morgan fingerprint density at radius 3 is 2.80 bits per heavy atom. The molecule has 0 amide bonds. The van der Waals surface area contributed by atoms with Crippen LogP contribution in [-0.4, -0.2) is 31.7 Å². The van der Waals surface area contributed by atoms with Crippen molar-refractivity contribution in [1.29, 1.82) is 0 Å². The fourth-order valence-electron chi connectivity index (χ4n) is 1.75. The highest BCUT2D eigenvalue weighted by molar-refractivity contribution is 5.85. The first-order valence-electron chi connectivity index (χ1n) is 4.60. The summed E-state index contributed by atoms with van der Waals surface area (Å²) in [5, 5.41) is 17.5. The Kier molecular flexibility index (Phi) is 2.18. The van der Waals surface area contributed by atoms with Crippen LogP contribution in [0.1, 0.15) is 22.7 Å². The van der Waals surface area contributed by atoms with E-state index in [4.69, 9.17) is 10.2 Å². The molecule has 1 aliphatic rings. The van der Waals surface area contributed by atoms with Gasteiger partial charge in [0.25, 0.3) is 0 Å². The van der Waals surface area contributed by atoms with Gasteiger partial charge in [0.05, 0.1) is 5.92 Å². The lowest BCUT2D eigenvalue weighted by molar-refractivity contribution is -0.142. The monoisotopic (exact) mass is 210 g/mol. The van der Waals surface area contributed by atoms with Gasteiger partial charge < -0.3 is 14.8 Å². The van der Waals surface area contributed by atoms with Gasteiger partial charge in [-0.25, -0.2) is 9.78 Å². The summed E-state index contributed by atoms with van der Waals surface area (Å²) in [6.45, 7) is 0.310. The molecule has 1 aromatic heterocycles. The van der Waals surface area contributed by atoms with Gasteiger partial charge >= 0.3 is 11.9 Å². The van der Waals surface area contributed by atoms with Crippen LogP contribution < -0.4 is 0 Å². The lowest BCUT2D eigenvalue weighted by Crippen LogP contribution is -2.26. The fraction of sp³-hybridized carbons (Fsp3) is 0.444. The highest BCUT2D eigenvalue weighted by atomic mass is 16.4. The summed E-state index contributed by atoms with van der Waals surface area (Å²) in [4.78, 5) is 25.3. The van der Waals surface area contributed by atoms with Gasteiger partial charge in [-0.15, -0.1) is 0 Å². The SMILES string of the molecule is O=C(O)c1cn2c(n1)CCC(C(=O)O)C2. The standard InChI is InChI=1S/C9H10N2O4/c12-8(13)5-1-2-7-10-6(9(14)15)4-11(7)3-5/h4-5H,1-3H2,(H,12,13)(H,14,15). The van der Waals surface area contributed by atoms with Gasteiger partial charge in [-0.1, -0.05) is 0 Å². The smallest absolute Gasteiger partial charge is 0.356 e. The quantitative estimate of drug-likeness (QED) is 0.728. The number of imidazole rings is 1. The van der Waals surface area contributed by atoms with Crippen LogP contribution in [0.25, 0.3) is 0 Å². The average Bonchev–Trinajstić information content (AvgIpc) is 2.59.